The molecule has 0 aromatic rings. The van der Waals surface area contributed by atoms with Crippen molar-refractivity contribution in [1.29, 1.82) is 0 Å². The maximum absolute atomic E-state index is 12.0. The maximum Gasteiger partial charge on any atom is 0.157 e. The molecule has 0 saturated heterocycles. The van der Waals surface area contributed by atoms with Crippen LogP contribution in [0.1, 0.15) is 20.8 Å². The molecule has 0 aromatic carbocycles. The van der Waals surface area contributed by atoms with Gasteiger partial charge in [-0.05, 0) is 13.0 Å². The third-order valence-corrected chi connectivity index (χ3v) is 0.749. The van der Waals surface area contributed by atoms with Gasteiger partial charge < -0.3 is 4.74 Å². The fourth-order valence-electron chi connectivity index (χ4n) is 0.385. The van der Waals surface area contributed by atoms with Gasteiger partial charge in [-0.3, -0.25) is 0 Å². The van der Waals surface area contributed by atoms with Gasteiger partial charge in [-0.25, -0.2) is 4.39 Å². The number of halogens is 1. The average Bonchev–Trinajstić information content (AvgIpc) is 1.94. The number of hydrogen-bond acceptors (Lipinski definition) is 1. The molecular formula is C8H15FO. The summed E-state index contributed by atoms with van der Waals surface area (Å²) >= 11 is 0. The zero-order valence-electron chi connectivity index (χ0n) is 7.07. The van der Waals surface area contributed by atoms with Gasteiger partial charge in [0.15, 0.2) is 5.83 Å². The van der Waals surface area contributed by atoms with E-state index in [2.05, 4.69) is 11.3 Å². The van der Waals surface area contributed by atoms with Crippen LogP contribution in [-0.2, 0) is 4.74 Å². The molecule has 0 spiro atoms. The molecule has 2 heteroatoms. The number of hydrogen-bond donors (Lipinski definition) is 0. The van der Waals surface area contributed by atoms with Gasteiger partial charge in [0.05, 0.1) is 7.11 Å². The van der Waals surface area contributed by atoms with Gasteiger partial charge in [-0.15, -0.1) is 0 Å². The fourth-order valence-corrected chi connectivity index (χ4v) is 0.385. The van der Waals surface area contributed by atoms with E-state index >= 15 is 0 Å². The van der Waals surface area contributed by atoms with Gasteiger partial charge in [0.2, 0.25) is 0 Å². The molecule has 0 N–H and O–H groups in total. The van der Waals surface area contributed by atoms with Crippen LogP contribution < -0.4 is 0 Å². The van der Waals surface area contributed by atoms with Crippen molar-refractivity contribution in [3.8, 4) is 0 Å². The Balaban J connectivity index is 0. The molecule has 60 valence electrons. The summed E-state index contributed by atoms with van der Waals surface area (Å²) in [6.07, 6.45) is 1.52. The summed E-state index contributed by atoms with van der Waals surface area (Å²) < 4.78 is 16.5. The van der Waals surface area contributed by atoms with E-state index in [1.807, 2.05) is 13.8 Å². The summed E-state index contributed by atoms with van der Waals surface area (Å²) in [5.74, 6) is -0.333. The lowest BCUT2D eigenvalue weighted by molar-refractivity contribution is 0.283. The number of allylic oxidation sites excluding steroid dienone is 2. The van der Waals surface area contributed by atoms with E-state index < -0.39 is 5.83 Å². The molecule has 0 bridgehead atoms. The van der Waals surface area contributed by atoms with Crippen molar-refractivity contribution in [2.45, 2.75) is 20.8 Å². The van der Waals surface area contributed by atoms with Crippen molar-refractivity contribution in [2.75, 3.05) is 7.11 Å². The summed E-state index contributed by atoms with van der Waals surface area (Å²) in [6.45, 7) is 8.72. The monoisotopic (exact) mass is 146 g/mol. The third-order valence-electron chi connectivity index (χ3n) is 0.749. The molecule has 0 atom stereocenters. The molecule has 0 aliphatic carbocycles. The van der Waals surface area contributed by atoms with Crippen molar-refractivity contribution in [3.05, 3.63) is 24.2 Å². The highest BCUT2D eigenvalue weighted by Gasteiger charge is 1.95. The van der Waals surface area contributed by atoms with Crippen molar-refractivity contribution >= 4 is 0 Å². The molecule has 1 nitrogen and oxygen atoms in total. The number of rotatable bonds is 2. The second-order valence-corrected chi connectivity index (χ2v) is 1.26. The second-order valence-electron chi connectivity index (χ2n) is 1.26. The second kappa shape index (κ2) is 8.21. The quantitative estimate of drug-likeness (QED) is 0.429. The minimum absolute atomic E-state index is 0.199. The first-order valence-electron chi connectivity index (χ1n) is 3.27. The van der Waals surface area contributed by atoms with Crippen molar-refractivity contribution in [3.63, 3.8) is 0 Å². The molecule has 0 aliphatic heterocycles. The first-order valence-corrected chi connectivity index (χ1v) is 3.27. The number of methoxy groups -OCH3 is 1. The van der Waals surface area contributed by atoms with Gasteiger partial charge >= 0.3 is 0 Å². The normalized spacial score (nSPS) is 9.50. The molecule has 0 heterocycles. The predicted octanol–water partition coefficient (Wildman–Crippen LogP) is 3.05. The van der Waals surface area contributed by atoms with Crippen LogP contribution in [0.3, 0.4) is 0 Å². The van der Waals surface area contributed by atoms with E-state index in [1.165, 1.54) is 13.2 Å². The Morgan fingerprint density at radius 2 is 1.90 bits per heavy atom. The Hall–Kier alpha value is -0.790. The van der Waals surface area contributed by atoms with Gasteiger partial charge in [-0.1, -0.05) is 20.4 Å². The molecule has 0 fully saturated rings. The molecule has 0 saturated carbocycles. The molecule has 0 amide bonds. The Morgan fingerprint density at radius 1 is 1.50 bits per heavy atom. The van der Waals surface area contributed by atoms with Crippen LogP contribution in [0.4, 0.5) is 4.39 Å². The summed E-state index contributed by atoms with van der Waals surface area (Å²) in [6, 6.07) is 0. The Bertz CT molecular complexity index is 116. The molecule has 0 aliphatic rings. The zero-order valence-corrected chi connectivity index (χ0v) is 7.07. The van der Waals surface area contributed by atoms with Crippen LogP contribution in [0.2, 0.25) is 0 Å². The van der Waals surface area contributed by atoms with E-state index in [1.54, 1.807) is 6.92 Å². The minimum atomic E-state index is -0.532. The third kappa shape index (κ3) is 5.35. The van der Waals surface area contributed by atoms with Gasteiger partial charge in [0.1, 0.15) is 5.76 Å². The van der Waals surface area contributed by atoms with Crippen molar-refractivity contribution in [2.24, 2.45) is 0 Å². The Morgan fingerprint density at radius 3 is 1.90 bits per heavy atom. The number of ether oxygens (including phenoxy) is 1. The van der Waals surface area contributed by atoms with Crippen LogP contribution in [-0.4, -0.2) is 7.11 Å². The molecule has 0 unspecified atom stereocenters. The largest absolute Gasteiger partial charge is 0.494 e. The van der Waals surface area contributed by atoms with Gasteiger partial charge in [0.25, 0.3) is 0 Å². The molecule has 0 rings (SSSR count). The Labute approximate surface area is 62.2 Å². The summed E-state index contributed by atoms with van der Waals surface area (Å²) in [5, 5.41) is 0. The summed E-state index contributed by atoms with van der Waals surface area (Å²) in [5.41, 5.74) is 0. The van der Waals surface area contributed by atoms with Crippen molar-refractivity contribution in [1.82, 2.24) is 0 Å². The smallest absolute Gasteiger partial charge is 0.157 e. The maximum atomic E-state index is 12.0. The molecule has 0 radical (unpaired) electrons. The highest BCUT2D eigenvalue weighted by molar-refractivity contribution is 5.14. The van der Waals surface area contributed by atoms with Crippen LogP contribution in [0.15, 0.2) is 24.2 Å². The van der Waals surface area contributed by atoms with E-state index in [-0.39, 0.29) is 5.76 Å². The van der Waals surface area contributed by atoms with Crippen LogP contribution in [0, 0.1) is 0 Å². The van der Waals surface area contributed by atoms with E-state index in [4.69, 9.17) is 0 Å². The van der Waals surface area contributed by atoms with E-state index in [9.17, 15) is 4.39 Å². The lowest BCUT2D eigenvalue weighted by atomic mass is 10.4. The van der Waals surface area contributed by atoms with Gasteiger partial charge in [-0.2, -0.15) is 0 Å². The lowest BCUT2D eigenvalue weighted by Crippen LogP contribution is -1.83. The van der Waals surface area contributed by atoms with E-state index in [0.717, 1.165) is 0 Å². The molecular weight excluding hydrogens is 131 g/mol. The van der Waals surface area contributed by atoms with Crippen LogP contribution in [0.5, 0.6) is 0 Å². The molecule has 0 aromatic heterocycles. The topological polar surface area (TPSA) is 9.23 Å². The van der Waals surface area contributed by atoms with Crippen molar-refractivity contribution < 1.29 is 9.13 Å². The Kier molecular flexibility index (Phi) is 9.80. The summed E-state index contributed by atoms with van der Waals surface area (Å²) in [4.78, 5) is 0. The standard InChI is InChI=1S/C6H9FO.C2H6/c1-4-6(8-3)5(2)7;1-2/h4H,2H2,1,3H3;1-2H3/b6-4-;. The zero-order chi connectivity index (χ0) is 8.57. The molecule has 10 heavy (non-hydrogen) atoms. The first-order chi connectivity index (χ1) is 4.72. The highest BCUT2D eigenvalue weighted by atomic mass is 19.1. The minimum Gasteiger partial charge on any atom is -0.494 e. The predicted molar refractivity (Wildman–Crippen MR) is 42.4 cm³/mol. The summed E-state index contributed by atoms with van der Waals surface area (Å²) in [7, 11) is 1.40. The lowest BCUT2D eigenvalue weighted by Gasteiger charge is -1.97. The fraction of sp³-hybridized carbons (Fsp3) is 0.500. The first kappa shape index (κ1) is 11.9. The van der Waals surface area contributed by atoms with E-state index in [0.29, 0.717) is 0 Å². The highest BCUT2D eigenvalue weighted by Crippen LogP contribution is 2.07. The van der Waals surface area contributed by atoms with Crippen LogP contribution >= 0.6 is 0 Å². The van der Waals surface area contributed by atoms with Crippen LogP contribution in [0.25, 0.3) is 0 Å². The SMILES string of the molecule is C=C(F)/C(=C/C)OC.CC. The van der Waals surface area contributed by atoms with Gasteiger partial charge in [0, 0.05) is 0 Å². The average molecular weight is 146 g/mol.